The minimum absolute atomic E-state index is 0. The lowest BCUT2D eigenvalue weighted by molar-refractivity contribution is 0.477. The van der Waals surface area contributed by atoms with Gasteiger partial charge < -0.3 is 15.7 Å². The van der Waals surface area contributed by atoms with Crippen LogP contribution in [-0.2, 0) is 6.54 Å². The molecule has 0 atom stereocenters. The van der Waals surface area contributed by atoms with Gasteiger partial charge >= 0.3 is 0 Å². The molecule has 1 heterocycles. The molecule has 1 aromatic heterocycles. The molecule has 4 rings (SSSR count). The molecular formula is C21H19ClN4O. The molecule has 3 N–H and O–H groups in total. The lowest BCUT2D eigenvalue weighted by atomic mass is 10.2. The van der Waals surface area contributed by atoms with Crippen LogP contribution in [0.25, 0.3) is 10.9 Å². The number of rotatable bonds is 5. The first-order valence-corrected chi connectivity index (χ1v) is 8.39. The van der Waals surface area contributed by atoms with Gasteiger partial charge in [-0.25, -0.2) is 4.98 Å². The van der Waals surface area contributed by atoms with Crippen molar-refractivity contribution in [1.82, 2.24) is 9.97 Å². The summed E-state index contributed by atoms with van der Waals surface area (Å²) in [5, 5.41) is 17.4. The highest BCUT2D eigenvalue weighted by Gasteiger charge is 2.09. The highest BCUT2D eigenvalue weighted by Crippen LogP contribution is 2.27. The largest absolute Gasteiger partial charge is 0.506 e. The maximum absolute atomic E-state index is 9.97. The Kier molecular flexibility index (Phi) is 5.74. The summed E-state index contributed by atoms with van der Waals surface area (Å²) in [5.41, 5.74) is 2.57. The van der Waals surface area contributed by atoms with E-state index in [0.717, 1.165) is 16.7 Å². The van der Waals surface area contributed by atoms with E-state index in [1.54, 1.807) is 18.2 Å². The lowest BCUT2D eigenvalue weighted by Crippen LogP contribution is -2.05. The number of hydrogen-bond donors (Lipinski definition) is 3. The molecule has 0 aliphatic heterocycles. The molecule has 0 saturated carbocycles. The molecular weight excluding hydrogens is 360 g/mol. The van der Waals surface area contributed by atoms with E-state index in [1.807, 2.05) is 48.5 Å². The van der Waals surface area contributed by atoms with Gasteiger partial charge in [0.25, 0.3) is 0 Å². The van der Waals surface area contributed by atoms with Gasteiger partial charge in [0.15, 0.2) is 0 Å². The first kappa shape index (κ1) is 18.5. The van der Waals surface area contributed by atoms with Crippen LogP contribution in [0.1, 0.15) is 5.56 Å². The topological polar surface area (TPSA) is 70.1 Å². The number of fused-ring (bicyclic) bond motifs is 1. The first-order valence-electron chi connectivity index (χ1n) is 8.39. The van der Waals surface area contributed by atoms with Crippen LogP contribution in [0.4, 0.5) is 17.5 Å². The fourth-order valence-corrected chi connectivity index (χ4v) is 2.75. The van der Waals surface area contributed by atoms with E-state index in [2.05, 4.69) is 32.7 Å². The van der Waals surface area contributed by atoms with Gasteiger partial charge in [0.1, 0.15) is 11.6 Å². The van der Waals surface area contributed by atoms with Crippen molar-refractivity contribution < 1.29 is 5.11 Å². The second kappa shape index (κ2) is 8.38. The Morgan fingerprint density at radius 3 is 2.30 bits per heavy atom. The second-order valence-corrected chi connectivity index (χ2v) is 5.89. The van der Waals surface area contributed by atoms with Crippen molar-refractivity contribution in [2.24, 2.45) is 0 Å². The number of aromatic nitrogens is 2. The van der Waals surface area contributed by atoms with Gasteiger partial charge in [-0.1, -0.05) is 54.6 Å². The maximum Gasteiger partial charge on any atom is 0.229 e. The Morgan fingerprint density at radius 2 is 1.48 bits per heavy atom. The predicted molar refractivity (Wildman–Crippen MR) is 112 cm³/mol. The number of hydrogen-bond acceptors (Lipinski definition) is 5. The maximum atomic E-state index is 9.97. The molecule has 0 fully saturated rings. The number of halogens is 1. The number of nitrogens with zero attached hydrogens (tertiary/aromatic N) is 2. The summed E-state index contributed by atoms with van der Waals surface area (Å²) in [7, 11) is 0. The first-order chi connectivity index (χ1) is 12.8. The molecule has 0 saturated heterocycles. The Morgan fingerprint density at radius 1 is 0.778 bits per heavy atom. The Bertz CT molecular complexity index is 1040. The lowest BCUT2D eigenvalue weighted by Gasteiger charge is -2.12. The zero-order chi connectivity index (χ0) is 17.8. The average Bonchev–Trinajstić information content (AvgIpc) is 2.69. The smallest absolute Gasteiger partial charge is 0.229 e. The van der Waals surface area contributed by atoms with Crippen molar-refractivity contribution in [3.05, 3.63) is 84.4 Å². The molecule has 136 valence electrons. The quantitative estimate of drug-likeness (QED) is 0.421. The highest BCUT2D eigenvalue weighted by molar-refractivity contribution is 5.90. The fourth-order valence-electron chi connectivity index (χ4n) is 2.75. The van der Waals surface area contributed by atoms with E-state index >= 15 is 0 Å². The van der Waals surface area contributed by atoms with Crippen LogP contribution in [0.3, 0.4) is 0 Å². The van der Waals surface area contributed by atoms with Crippen LogP contribution >= 0.6 is 12.4 Å². The second-order valence-electron chi connectivity index (χ2n) is 5.89. The van der Waals surface area contributed by atoms with Gasteiger partial charge in [0.05, 0.1) is 11.2 Å². The average molecular weight is 379 g/mol. The molecule has 0 amide bonds. The minimum Gasteiger partial charge on any atom is -0.506 e. The van der Waals surface area contributed by atoms with Gasteiger partial charge in [-0.2, -0.15) is 4.98 Å². The summed E-state index contributed by atoms with van der Waals surface area (Å²) in [6.45, 7) is 0.665. The summed E-state index contributed by atoms with van der Waals surface area (Å²) < 4.78 is 0. The van der Waals surface area contributed by atoms with E-state index in [0.29, 0.717) is 18.2 Å². The van der Waals surface area contributed by atoms with Crippen molar-refractivity contribution in [1.29, 1.82) is 0 Å². The van der Waals surface area contributed by atoms with Crippen LogP contribution < -0.4 is 10.6 Å². The van der Waals surface area contributed by atoms with Crippen molar-refractivity contribution in [3.63, 3.8) is 0 Å². The van der Waals surface area contributed by atoms with Crippen LogP contribution in [0, 0.1) is 0 Å². The summed E-state index contributed by atoms with van der Waals surface area (Å²) >= 11 is 0. The number of phenolic OH excluding ortho intramolecular Hbond substituents is 1. The monoisotopic (exact) mass is 378 g/mol. The number of nitrogens with one attached hydrogen (secondary N) is 2. The van der Waals surface area contributed by atoms with Gasteiger partial charge in [-0.15, -0.1) is 12.4 Å². The number of anilines is 3. The summed E-state index contributed by atoms with van der Waals surface area (Å²) in [5.74, 6) is 1.33. The molecule has 0 spiro atoms. The molecule has 0 radical (unpaired) electrons. The summed E-state index contributed by atoms with van der Waals surface area (Å²) in [6, 6.07) is 25.0. The standard InChI is InChI=1S/C21H18N4O.ClH/c26-19-13-7-6-12-18(19)24-21-23-17-11-5-4-10-16(17)20(25-21)22-14-15-8-2-1-3-9-15;/h1-13,26H,14H2,(H2,22,23,24,25);1H. The Hall–Kier alpha value is -3.31. The number of aromatic hydroxyl groups is 1. The number of para-hydroxylation sites is 3. The van der Waals surface area contributed by atoms with E-state index in [9.17, 15) is 5.11 Å². The van der Waals surface area contributed by atoms with Crippen LogP contribution in [0.15, 0.2) is 78.9 Å². The molecule has 6 heteroatoms. The molecule has 5 nitrogen and oxygen atoms in total. The molecule has 27 heavy (non-hydrogen) atoms. The van der Waals surface area contributed by atoms with Crippen molar-refractivity contribution in [2.75, 3.05) is 10.6 Å². The fraction of sp³-hybridized carbons (Fsp3) is 0.0476. The van der Waals surface area contributed by atoms with E-state index < -0.39 is 0 Å². The van der Waals surface area contributed by atoms with Crippen molar-refractivity contribution in [2.45, 2.75) is 6.54 Å². The van der Waals surface area contributed by atoms with Crippen LogP contribution in [-0.4, -0.2) is 15.1 Å². The molecule has 0 bridgehead atoms. The zero-order valence-corrected chi connectivity index (χ0v) is 15.3. The van der Waals surface area contributed by atoms with E-state index in [4.69, 9.17) is 0 Å². The Balaban J connectivity index is 0.00000210. The van der Waals surface area contributed by atoms with Gasteiger partial charge in [0.2, 0.25) is 5.95 Å². The predicted octanol–water partition coefficient (Wildman–Crippen LogP) is 5.11. The number of benzene rings is 3. The molecule has 3 aromatic carbocycles. The van der Waals surface area contributed by atoms with E-state index in [-0.39, 0.29) is 18.2 Å². The third-order valence-corrected chi connectivity index (χ3v) is 4.06. The third kappa shape index (κ3) is 4.27. The SMILES string of the molecule is Cl.Oc1ccccc1Nc1nc(NCc2ccccc2)c2ccccc2n1. The highest BCUT2D eigenvalue weighted by atomic mass is 35.5. The minimum atomic E-state index is 0. The molecule has 0 aliphatic rings. The molecule has 4 aromatic rings. The molecule has 0 aliphatic carbocycles. The third-order valence-electron chi connectivity index (χ3n) is 4.06. The van der Waals surface area contributed by atoms with Crippen molar-refractivity contribution >= 4 is 40.8 Å². The van der Waals surface area contributed by atoms with Gasteiger partial charge in [-0.3, -0.25) is 0 Å². The Labute approximate surface area is 163 Å². The van der Waals surface area contributed by atoms with Crippen LogP contribution in [0.5, 0.6) is 5.75 Å². The molecule has 0 unspecified atom stereocenters. The van der Waals surface area contributed by atoms with Gasteiger partial charge in [-0.05, 0) is 29.8 Å². The zero-order valence-electron chi connectivity index (χ0n) is 14.5. The van der Waals surface area contributed by atoms with E-state index in [1.165, 1.54) is 5.56 Å². The van der Waals surface area contributed by atoms with Gasteiger partial charge in [0, 0.05) is 11.9 Å². The van der Waals surface area contributed by atoms with Crippen molar-refractivity contribution in [3.8, 4) is 5.75 Å². The summed E-state index contributed by atoms with van der Waals surface area (Å²) in [6.07, 6.45) is 0. The normalized spacial score (nSPS) is 10.2. The summed E-state index contributed by atoms with van der Waals surface area (Å²) in [4.78, 5) is 9.16. The number of phenols is 1. The van der Waals surface area contributed by atoms with Crippen LogP contribution in [0.2, 0.25) is 0 Å².